The molecule has 0 atom stereocenters. The van der Waals surface area contributed by atoms with E-state index in [-0.39, 0.29) is 42.7 Å². The van der Waals surface area contributed by atoms with Gasteiger partial charge in [-0.3, -0.25) is 4.79 Å². The Labute approximate surface area is 197 Å². The first kappa shape index (κ1) is 23.3. The molecule has 2 aromatic carbocycles. The second kappa shape index (κ2) is 9.58. The first-order valence-corrected chi connectivity index (χ1v) is 12.9. The number of piperazine rings is 1. The van der Waals surface area contributed by atoms with E-state index in [1.54, 1.807) is 24.0 Å². The number of thioether (sulfide) groups is 1. The van der Waals surface area contributed by atoms with Gasteiger partial charge in [-0.1, -0.05) is 23.4 Å². The van der Waals surface area contributed by atoms with Crippen LogP contribution in [0.1, 0.15) is 27.4 Å². The quantitative estimate of drug-likeness (QED) is 0.531. The predicted octanol–water partition coefficient (Wildman–Crippen LogP) is 3.44. The molecule has 1 saturated heterocycles. The fourth-order valence-corrected chi connectivity index (χ4v) is 6.18. The van der Waals surface area contributed by atoms with Gasteiger partial charge in [-0.25, -0.2) is 8.42 Å². The Hall–Kier alpha value is -2.82. The van der Waals surface area contributed by atoms with Crippen LogP contribution in [-0.2, 0) is 15.8 Å². The average molecular weight is 488 g/mol. The van der Waals surface area contributed by atoms with Crippen LogP contribution in [0, 0.1) is 13.8 Å². The van der Waals surface area contributed by atoms with Crippen LogP contribution in [0.3, 0.4) is 0 Å². The number of aromatic hydroxyl groups is 1. The summed E-state index contributed by atoms with van der Waals surface area (Å²) >= 11 is 1.50. The van der Waals surface area contributed by atoms with Gasteiger partial charge in [-0.15, -0.1) is 11.8 Å². The van der Waals surface area contributed by atoms with Crippen molar-refractivity contribution in [1.29, 1.82) is 0 Å². The summed E-state index contributed by atoms with van der Waals surface area (Å²) in [7, 11) is -3.85. The van der Waals surface area contributed by atoms with Crippen LogP contribution in [0.25, 0.3) is 0 Å². The number of aryl methyl sites for hydroxylation is 2. The Morgan fingerprint density at radius 1 is 1.09 bits per heavy atom. The van der Waals surface area contributed by atoms with Gasteiger partial charge in [-0.05, 0) is 43.7 Å². The summed E-state index contributed by atoms with van der Waals surface area (Å²) in [5.41, 5.74) is 2.13. The third-order valence-electron chi connectivity index (χ3n) is 5.42. The van der Waals surface area contributed by atoms with Crippen molar-refractivity contribution >= 4 is 27.7 Å². The molecular formula is C23H25N3O5S2. The number of phenols is 1. The summed E-state index contributed by atoms with van der Waals surface area (Å²) in [5, 5.41) is 14.0. The van der Waals surface area contributed by atoms with E-state index in [9.17, 15) is 18.3 Å². The van der Waals surface area contributed by atoms with Gasteiger partial charge >= 0.3 is 0 Å². The van der Waals surface area contributed by atoms with E-state index in [2.05, 4.69) is 5.16 Å². The number of nitrogens with zero attached hydrogens (tertiary/aromatic N) is 3. The molecule has 4 rings (SSSR count). The van der Waals surface area contributed by atoms with Crippen molar-refractivity contribution in [2.24, 2.45) is 0 Å². The fourth-order valence-electron chi connectivity index (χ4n) is 3.67. The van der Waals surface area contributed by atoms with E-state index in [1.165, 1.54) is 28.2 Å². The van der Waals surface area contributed by atoms with Gasteiger partial charge in [0.15, 0.2) is 0 Å². The summed E-state index contributed by atoms with van der Waals surface area (Å²) in [6, 6.07) is 13.7. The standard InChI is InChI=1S/C23H25N3O5S2/c1-16-7-8-20(27)22(13-16)33(29,30)26-11-9-25(10-12-26)23(28)19-5-3-4-6-21(19)32-15-18-14-17(2)24-31-18/h3-8,13-14,27H,9-12,15H2,1-2H3. The van der Waals surface area contributed by atoms with Gasteiger partial charge in [0, 0.05) is 37.1 Å². The number of benzene rings is 2. The van der Waals surface area contributed by atoms with Gasteiger partial charge in [-0.2, -0.15) is 4.31 Å². The first-order chi connectivity index (χ1) is 15.8. The molecule has 2 heterocycles. The molecule has 33 heavy (non-hydrogen) atoms. The average Bonchev–Trinajstić information content (AvgIpc) is 3.24. The molecule has 3 aromatic rings. The molecule has 1 amide bonds. The summed E-state index contributed by atoms with van der Waals surface area (Å²) < 4.78 is 32.6. The number of hydrogen-bond acceptors (Lipinski definition) is 7. The van der Waals surface area contributed by atoms with Crippen LogP contribution < -0.4 is 0 Å². The van der Waals surface area contributed by atoms with E-state index in [0.717, 1.165) is 21.9 Å². The highest BCUT2D eigenvalue weighted by Crippen LogP contribution is 2.30. The Bertz CT molecular complexity index is 1260. The fraction of sp³-hybridized carbons (Fsp3) is 0.304. The van der Waals surface area contributed by atoms with Crippen LogP contribution in [0.15, 0.2) is 62.8 Å². The molecule has 174 valence electrons. The molecule has 0 spiro atoms. The predicted molar refractivity (Wildman–Crippen MR) is 125 cm³/mol. The number of rotatable bonds is 6. The lowest BCUT2D eigenvalue weighted by Gasteiger charge is -2.34. The molecule has 0 aliphatic carbocycles. The minimum absolute atomic E-state index is 0.105. The van der Waals surface area contributed by atoms with Crippen LogP contribution in [0.4, 0.5) is 0 Å². The van der Waals surface area contributed by atoms with Crippen LogP contribution >= 0.6 is 11.8 Å². The normalized spacial score (nSPS) is 15.0. The molecular weight excluding hydrogens is 462 g/mol. The van der Waals surface area contributed by atoms with Crippen molar-refractivity contribution in [2.45, 2.75) is 29.4 Å². The molecule has 1 aliphatic heterocycles. The largest absolute Gasteiger partial charge is 0.507 e. The first-order valence-electron chi connectivity index (χ1n) is 10.5. The van der Waals surface area contributed by atoms with Crippen LogP contribution in [0.2, 0.25) is 0 Å². The SMILES string of the molecule is Cc1ccc(O)c(S(=O)(=O)N2CCN(C(=O)c3ccccc3SCc3cc(C)no3)CC2)c1. The number of phenolic OH excluding ortho intramolecular Hbond substituents is 1. The van der Waals surface area contributed by atoms with Crippen molar-refractivity contribution in [3.8, 4) is 5.75 Å². The zero-order valence-corrected chi connectivity index (χ0v) is 20.0. The zero-order chi connectivity index (χ0) is 23.6. The number of amides is 1. The third kappa shape index (κ3) is 5.07. The highest BCUT2D eigenvalue weighted by Gasteiger charge is 2.32. The minimum Gasteiger partial charge on any atom is -0.507 e. The van der Waals surface area contributed by atoms with Crippen molar-refractivity contribution < 1.29 is 22.8 Å². The van der Waals surface area contributed by atoms with Gasteiger partial charge < -0.3 is 14.5 Å². The van der Waals surface area contributed by atoms with Gasteiger partial charge in [0.05, 0.1) is 17.0 Å². The molecule has 1 aliphatic rings. The third-order valence-corrected chi connectivity index (χ3v) is 8.45. The number of aromatic nitrogens is 1. The van der Waals surface area contributed by atoms with Gasteiger partial charge in [0.1, 0.15) is 16.4 Å². The van der Waals surface area contributed by atoms with E-state index in [1.807, 2.05) is 31.2 Å². The van der Waals surface area contributed by atoms with Crippen LogP contribution in [-0.4, -0.2) is 60.0 Å². The highest BCUT2D eigenvalue weighted by atomic mass is 32.2. The van der Waals surface area contributed by atoms with E-state index < -0.39 is 10.0 Å². The topological polar surface area (TPSA) is 104 Å². The summed E-state index contributed by atoms with van der Waals surface area (Å²) in [4.78, 5) is 15.6. The smallest absolute Gasteiger partial charge is 0.255 e. The Morgan fingerprint density at radius 3 is 2.52 bits per heavy atom. The minimum atomic E-state index is -3.85. The maximum Gasteiger partial charge on any atom is 0.255 e. The number of sulfonamides is 1. The summed E-state index contributed by atoms with van der Waals surface area (Å²) in [5.74, 6) is 0.879. The summed E-state index contributed by atoms with van der Waals surface area (Å²) in [6.45, 7) is 4.49. The van der Waals surface area contributed by atoms with Crippen molar-refractivity contribution in [2.75, 3.05) is 26.2 Å². The van der Waals surface area contributed by atoms with Crippen molar-refractivity contribution in [3.63, 3.8) is 0 Å². The van der Waals surface area contributed by atoms with Gasteiger partial charge in [0.25, 0.3) is 5.91 Å². The maximum atomic E-state index is 13.2. The molecule has 0 bridgehead atoms. The number of carbonyl (C=O) groups excluding carboxylic acids is 1. The lowest BCUT2D eigenvalue weighted by atomic mass is 10.2. The van der Waals surface area contributed by atoms with Gasteiger partial charge in [0.2, 0.25) is 10.0 Å². The molecule has 1 fully saturated rings. The lowest BCUT2D eigenvalue weighted by molar-refractivity contribution is 0.0694. The number of hydrogen-bond donors (Lipinski definition) is 1. The second-order valence-electron chi connectivity index (χ2n) is 7.89. The molecule has 8 nitrogen and oxygen atoms in total. The highest BCUT2D eigenvalue weighted by molar-refractivity contribution is 7.98. The molecule has 10 heteroatoms. The molecule has 1 aromatic heterocycles. The van der Waals surface area contributed by atoms with Crippen LogP contribution in [0.5, 0.6) is 5.75 Å². The Balaban J connectivity index is 1.44. The summed E-state index contributed by atoms with van der Waals surface area (Å²) in [6.07, 6.45) is 0. The van der Waals surface area contributed by atoms with Crippen molar-refractivity contribution in [1.82, 2.24) is 14.4 Å². The van der Waals surface area contributed by atoms with E-state index in [0.29, 0.717) is 11.3 Å². The molecule has 0 saturated carbocycles. The lowest BCUT2D eigenvalue weighted by Crippen LogP contribution is -2.50. The Morgan fingerprint density at radius 2 is 1.82 bits per heavy atom. The van der Waals surface area contributed by atoms with Crippen molar-refractivity contribution in [3.05, 3.63) is 71.1 Å². The number of carbonyl (C=O) groups is 1. The van der Waals surface area contributed by atoms with E-state index >= 15 is 0 Å². The maximum absolute atomic E-state index is 13.2. The second-order valence-corrected chi connectivity index (χ2v) is 10.8. The molecule has 0 unspecified atom stereocenters. The van der Waals surface area contributed by atoms with E-state index in [4.69, 9.17) is 4.52 Å². The zero-order valence-electron chi connectivity index (χ0n) is 18.4. The molecule has 0 radical (unpaired) electrons. The Kier molecular flexibility index (Phi) is 6.78. The monoisotopic (exact) mass is 487 g/mol. The molecule has 1 N–H and O–H groups in total.